The van der Waals surface area contributed by atoms with Gasteiger partial charge in [0.2, 0.25) is 0 Å². The zero-order chi connectivity index (χ0) is 12.8. The number of benzene rings is 1. The Labute approximate surface area is 111 Å². The molecule has 1 aromatic carbocycles. The van der Waals surface area contributed by atoms with E-state index in [0.29, 0.717) is 13.2 Å². The molecule has 0 saturated heterocycles. The molecule has 96 valence electrons. The number of hydrogen-bond donors (Lipinski definition) is 2. The number of ether oxygens (including phenoxy) is 1. The first-order valence-electron chi connectivity index (χ1n) is 5.79. The average molecular weight is 266 g/mol. The summed E-state index contributed by atoms with van der Waals surface area (Å²) >= 11 is 5.85. The lowest BCUT2D eigenvalue weighted by Gasteiger charge is -2.01. The van der Waals surface area contributed by atoms with Gasteiger partial charge in [-0.25, -0.2) is 4.98 Å². The van der Waals surface area contributed by atoms with Gasteiger partial charge in [0.1, 0.15) is 5.82 Å². The number of hydrogen-bond acceptors (Lipinski definition) is 3. The van der Waals surface area contributed by atoms with E-state index in [9.17, 15) is 0 Å². The molecule has 0 fully saturated rings. The van der Waals surface area contributed by atoms with E-state index < -0.39 is 0 Å². The summed E-state index contributed by atoms with van der Waals surface area (Å²) in [5.74, 6) is 0.913. The normalized spacial score (nSPS) is 10.8. The van der Waals surface area contributed by atoms with Crippen molar-refractivity contribution in [2.45, 2.75) is 6.54 Å². The van der Waals surface area contributed by atoms with Crippen LogP contribution in [0.15, 0.2) is 30.5 Å². The number of halogens is 1. The van der Waals surface area contributed by atoms with E-state index in [-0.39, 0.29) is 0 Å². The van der Waals surface area contributed by atoms with Gasteiger partial charge in [-0.2, -0.15) is 0 Å². The van der Waals surface area contributed by atoms with Crippen LogP contribution in [0.1, 0.15) is 5.82 Å². The molecule has 5 heteroatoms. The summed E-state index contributed by atoms with van der Waals surface area (Å²) in [5, 5.41) is 3.97. The number of imidazole rings is 1. The number of methoxy groups -OCH3 is 1. The van der Waals surface area contributed by atoms with Crippen LogP contribution in [-0.4, -0.2) is 30.2 Å². The summed E-state index contributed by atoms with van der Waals surface area (Å²) in [6, 6.07) is 7.68. The highest BCUT2D eigenvalue weighted by Crippen LogP contribution is 2.19. The van der Waals surface area contributed by atoms with Crippen LogP contribution in [0.2, 0.25) is 5.02 Å². The Bertz CT molecular complexity index is 481. The third-order valence-corrected chi connectivity index (χ3v) is 2.81. The van der Waals surface area contributed by atoms with Crippen molar-refractivity contribution in [1.29, 1.82) is 0 Å². The minimum Gasteiger partial charge on any atom is -0.383 e. The molecule has 2 aromatic rings. The molecule has 4 nitrogen and oxygen atoms in total. The predicted molar refractivity (Wildman–Crippen MR) is 72.6 cm³/mol. The Morgan fingerprint density at radius 2 is 2.11 bits per heavy atom. The van der Waals surface area contributed by atoms with Crippen LogP contribution in [0.4, 0.5) is 0 Å². The minimum absolute atomic E-state index is 0.699. The van der Waals surface area contributed by atoms with E-state index >= 15 is 0 Å². The van der Waals surface area contributed by atoms with Crippen molar-refractivity contribution in [3.8, 4) is 11.3 Å². The van der Waals surface area contributed by atoms with Crippen molar-refractivity contribution in [2.75, 3.05) is 20.3 Å². The molecule has 0 aliphatic carbocycles. The van der Waals surface area contributed by atoms with E-state index in [2.05, 4.69) is 15.3 Å². The molecule has 0 aliphatic rings. The van der Waals surface area contributed by atoms with Gasteiger partial charge in [-0.1, -0.05) is 23.7 Å². The third kappa shape index (κ3) is 3.57. The molecule has 0 atom stereocenters. The SMILES string of the molecule is COCCNCc1ncc(-c2ccc(Cl)cc2)[nH]1. The van der Waals surface area contributed by atoms with Crippen molar-refractivity contribution in [1.82, 2.24) is 15.3 Å². The van der Waals surface area contributed by atoms with Gasteiger partial charge in [-0.3, -0.25) is 0 Å². The first-order chi connectivity index (χ1) is 8.79. The summed E-state index contributed by atoms with van der Waals surface area (Å²) in [5.41, 5.74) is 2.07. The molecule has 0 aliphatic heterocycles. The van der Waals surface area contributed by atoms with E-state index in [0.717, 1.165) is 28.6 Å². The predicted octanol–water partition coefficient (Wildman–Crippen LogP) is 2.47. The number of aromatic amines is 1. The second-order valence-corrected chi connectivity index (χ2v) is 4.36. The van der Waals surface area contributed by atoms with Gasteiger partial charge in [0.15, 0.2) is 0 Å². The minimum atomic E-state index is 0.699. The molecule has 0 spiro atoms. The standard InChI is InChI=1S/C13H16ClN3O/c1-18-7-6-15-9-13-16-8-12(17-13)10-2-4-11(14)5-3-10/h2-5,8,15H,6-7,9H2,1H3,(H,16,17). The molecule has 2 rings (SSSR count). The third-order valence-electron chi connectivity index (χ3n) is 2.56. The van der Waals surface area contributed by atoms with Gasteiger partial charge in [0.05, 0.1) is 25.0 Å². The Morgan fingerprint density at radius 1 is 1.33 bits per heavy atom. The number of aromatic nitrogens is 2. The summed E-state index contributed by atoms with van der Waals surface area (Å²) in [7, 11) is 1.69. The summed E-state index contributed by atoms with van der Waals surface area (Å²) in [6.07, 6.45) is 1.83. The van der Waals surface area contributed by atoms with Crippen molar-refractivity contribution in [3.63, 3.8) is 0 Å². The van der Waals surface area contributed by atoms with Crippen LogP contribution >= 0.6 is 11.6 Å². The fourth-order valence-corrected chi connectivity index (χ4v) is 1.74. The highest BCUT2D eigenvalue weighted by Gasteiger charge is 2.02. The topological polar surface area (TPSA) is 49.9 Å². The Hall–Kier alpha value is -1.36. The quantitative estimate of drug-likeness (QED) is 0.789. The maximum atomic E-state index is 5.85. The van der Waals surface area contributed by atoms with Crippen LogP contribution in [0.5, 0.6) is 0 Å². The molecular weight excluding hydrogens is 250 g/mol. The first-order valence-corrected chi connectivity index (χ1v) is 6.17. The van der Waals surface area contributed by atoms with Crippen LogP contribution in [0.25, 0.3) is 11.3 Å². The molecule has 18 heavy (non-hydrogen) atoms. The van der Waals surface area contributed by atoms with Crippen molar-refractivity contribution in [2.24, 2.45) is 0 Å². The number of nitrogens with zero attached hydrogens (tertiary/aromatic N) is 1. The van der Waals surface area contributed by atoms with Crippen LogP contribution in [0.3, 0.4) is 0 Å². The Morgan fingerprint density at radius 3 is 2.83 bits per heavy atom. The molecule has 1 aromatic heterocycles. The second kappa shape index (κ2) is 6.54. The van der Waals surface area contributed by atoms with Crippen molar-refractivity contribution >= 4 is 11.6 Å². The second-order valence-electron chi connectivity index (χ2n) is 3.92. The van der Waals surface area contributed by atoms with E-state index in [1.807, 2.05) is 30.5 Å². The van der Waals surface area contributed by atoms with Gasteiger partial charge in [0, 0.05) is 18.7 Å². The first kappa shape index (κ1) is 13.1. The molecule has 0 unspecified atom stereocenters. The molecule has 0 saturated carbocycles. The van der Waals surface area contributed by atoms with Gasteiger partial charge < -0.3 is 15.0 Å². The smallest absolute Gasteiger partial charge is 0.120 e. The number of rotatable bonds is 6. The molecular formula is C13H16ClN3O. The van der Waals surface area contributed by atoms with Crippen molar-refractivity contribution in [3.05, 3.63) is 41.3 Å². The molecule has 1 heterocycles. The monoisotopic (exact) mass is 265 g/mol. The number of nitrogens with one attached hydrogen (secondary N) is 2. The van der Waals surface area contributed by atoms with E-state index in [4.69, 9.17) is 16.3 Å². The maximum Gasteiger partial charge on any atom is 0.120 e. The fourth-order valence-electron chi connectivity index (χ4n) is 1.61. The van der Waals surface area contributed by atoms with Crippen LogP contribution in [-0.2, 0) is 11.3 Å². The lowest BCUT2D eigenvalue weighted by Crippen LogP contribution is -2.19. The summed E-state index contributed by atoms with van der Waals surface area (Å²) < 4.78 is 4.96. The van der Waals surface area contributed by atoms with Gasteiger partial charge in [0.25, 0.3) is 0 Å². The number of H-pyrrole nitrogens is 1. The molecule has 0 radical (unpaired) electrons. The zero-order valence-corrected chi connectivity index (χ0v) is 11.0. The molecule has 0 bridgehead atoms. The Balaban J connectivity index is 1.95. The maximum absolute atomic E-state index is 5.85. The Kier molecular flexibility index (Phi) is 4.75. The van der Waals surface area contributed by atoms with Gasteiger partial charge >= 0.3 is 0 Å². The average Bonchev–Trinajstić information content (AvgIpc) is 2.84. The zero-order valence-electron chi connectivity index (χ0n) is 10.2. The molecule has 0 amide bonds. The largest absolute Gasteiger partial charge is 0.383 e. The lowest BCUT2D eigenvalue weighted by molar-refractivity contribution is 0.199. The summed E-state index contributed by atoms with van der Waals surface area (Å²) in [4.78, 5) is 7.59. The van der Waals surface area contributed by atoms with Crippen molar-refractivity contribution < 1.29 is 4.74 Å². The van der Waals surface area contributed by atoms with Gasteiger partial charge in [-0.05, 0) is 17.7 Å². The van der Waals surface area contributed by atoms with E-state index in [1.54, 1.807) is 7.11 Å². The van der Waals surface area contributed by atoms with Crippen LogP contribution in [0, 0.1) is 0 Å². The van der Waals surface area contributed by atoms with E-state index in [1.165, 1.54) is 0 Å². The lowest BCUT2D eigenvalue weighted by atomic mass is 10.2. The molecule has 2 N–H and O–H groups in total. The van der Waals surface area contributed by atoms with Crippen LogP contribution < -0.4 is 5.32 Å². The fraction of sp³-hybridized carbons (Fsp3) is 0.308. The van der Waals surface area contributed by atoms with Gasteiger partial charge in [-0.15, -0.1) is 0 Å². The highest BCUT2D eigenvalue weighted by atomic mass is 35.5. The highest BCUT2D eigenvalue weighted by molar-refractivity contribution is 6.30. The summed E-state index contributed by atoms with van der Waals surface area (Å²) in [6.45, 7) is 2.22.